The van der Waals surface area contributed by atoms with E-state index >= 15 is 0 Å². The molecule has 1 N–H and O–H groups in total. The molecule has 2 aliphatic rings. The average molecular weight is 646 g/mol. The number of urea groups is 1. The maximum Gasteiger partial charge on any atom is 0.335 e. The Balaban J connectivity index is 1.22. The van der Waals surface area contributed by atoms with Gasteiger partial charge in [-0.15, -0.1) is 0 Å². The summed E-state index contributed by atoms with van der Waals surface area (Å²) >= 11 is 3.60. The Morgan fingerprint density at radius 1 is 0.795 bits per heavy atom. The van der Waals surface area contributed by atoms with Crippen molar-refractivity contribution in [3.8, 4) is 0 Å². The van der Waals surface area contributed by atoms with Gasteiger partial charge < -0.3 is 5.32 Å². The first-order chi connectivity index (χ1) is 21.5. The van der Waals surface area contributed by atoms with Crippen LogP contribution in [-0.2, 0) is 13.0 Å². The Bertz CT molecular complexity index is 1900. The lowest BCUT2D eigenvalue weighted by Gasteiger charge is -2.36. The maximum atomic E-state index is 14.3. The van der Waals surface area contributed by atoms with Crippen LogP contribution in [0.15, 0.2) is 114 Å². The maximum absolute atomic E-state index is 14.3. The molecule has 216 valence electrons. The number of rotatable bonds is 7. The third kappa shape index (κ3) is 4.99. The van der Waals surface area contributed by atoms with Crippen LogP contribution in [-0.4, -0.2) is 39.3 Å². The molecule has 3 heterocycles. The van der Waals surface area contributed by atoms with Crippen molar-refractivity contribution in [2.75, 3.05) is 21.7 Å². The molecule has 1 aromatic heterocycles. The largest absolute Gasteiger partial charge is 0.335 e. The first-order valence-electron chi connectivity index (χ1n) is 14.1. The number of nitrogens with zero attached hydrogens (tertiary/aromatic N) is 5. The van der Waals surface area contributed by atoms with Crippen molar-refractivity contribution in [2.24, 2.45) is 0 Å². The number of benzene rings is 4. The highest BCUT2D eigenvalue weighted by Crippen LogP contribution is 2.38. The van der Waals surface area contributed by atoms with Crippen LogP contribution in [0.25, 0.3) is 0 Å². The van der Waals surface area contributed by atoms with Gasteiger partial charge in [-0.2, -0.15) is 4.98 Å². The van der Waals surface area contributed by atoms with Crippen molar-refractivity contribution in [3.63, 3.8) is 0 Å². The molecule has 10 heteroatoms. The fourth-order valence-electron chi connectivity index (χ4n) is 5.49. The highest BCUT2D eigenvalue weighted by molar-refractivity contribution is 9.10. The molecule has 0 unspecified atom stereocenters. The van der Waals surface area contributed by atoms with Gasteiger partial charge in [-0.25, -0.2) is 14.7 Å². The number of hydrogen-bond donors (Lipinski definition) is 1. The zero-order chi connectivity index (χ0) is 30.2. The minimum Gasteiger partial charge on any atom is -0.324 e. The number of aromatic nitrogens is 2. The van der Waals surface area contributed by atoms with Crippen molar-refractivity contribution >= 4 is 62.6 Å². The molecule has 4 aromatic carbocycles. The SMILES string of the molecule is O=C1c2ccccc2C(=O)N1CCc1cccc(N2C(=O)N(c3ccccc3Br)Cc3cnc(Nc4ccccc4)nc32)c1. The topological polar surface area (TPSA) is 98.7 Å². The third-order valence-corrected chi connectivity index (χ3v) is 8.32. The van der Waals surface area contributed by atoms with Crippen LogP contribution in [0.4, 0.5) is 33.6 Å². The Morgan fingerprint density at radius 3 is 2.25 bits per heavy atom. The summed E-state index contributed by atoms with van der Waals surface area (Å²) in [6.45, 7) is 0.509. The van der Waals surface area contributed by atoms with E-state index in [4.69, 9.17) is 4.98 Å². The van der Waals surface area contributed by atoms with Gasteiger partial charge in [-0.3, -0.25) is 19.4 Å². The molecular weight excluding hydrogens is 620 g/mol. The Labute approximate surface area is 261 Å². The number of imide groups is 1. The van der Waals surface area contributed by atoms with Gasteiger partial charge in [-0.05, 0) is 76.4 Å². The van der Waals surface area contributed by atoms with Crippen LogP contribution in [0, 0.1) is 0 Å². The van der Waals surface area contributed by atoms with Crippen LogP contribution in [0.5, 0.6) is 0 Å². The normalized spacial score (nSPS) is 14.1. The molecule has 9 nitrogen and oxygen atoms in total. The van der Waals surface area contributed by atoms with E-state index in [0.717, 1.165) is 27.0 Å². The number of amides is 4. The Kier molecular flexibility index (Phi) is 7.11. The number of carbonyl (C=O) groups excluding carboxylic acids is 3. The molecule has 0 fully saturated rings. The van der Waals surface area contributed by atoms with Crippen molar-refractivity contribution in [1.82, 2.24) is 14.9 Å². The lowest BCUT2D eigenvalue weighted by atomic mass is 10.1. The van der Waals surface area contributed by atoms with E-state index in [1.165, 1.54) is 4.90 Å². The lowest BCUT2D eigenvalue weighted by Crippen LogP contribution is -2.45. The summed E-state index contributed by atoms with van der Waals surface area (Å²) in [5, 5.41) is 3.22. The van der Waals surface area contributed by atoms with Crippen LogP contribution >= 0.6 is 15.9 Å². The highest BCUT2D eigenvalue weighted by Gasteiger charge is 2.36. The smallest absolute Gasteiger partial charge is 0.324 e. The number of anilines is 5. The van der Waals surface area contributed by atoms with Gasteiger partial charge in [0.05, 0.1) is 29.0 Å². The second-order valence-corrected chi connectivity index (χ2v) is 11.3. The summed E-state index contributed by atoms with van der Waals surface area (Å²) in [7, 11) is 0. The molecule has 0 aliphatic carbocycles. The van der Waals surface area contributed by atoms with Crippen LogP contribution in [0.2, 0.25) is 0 Å². The van der Waals surface area contributed by atoms with Gasteiger partial charge >= 0.3 is 6.03 Å². The predicted octanol–water partition coefficient (Wildman–Crippen LogP) is 7.10. The van der Waals surface area contributed by atoms with E-state index in [1.807, 2.05) is 78.9 Å². The molecule has 0 atom stereocenters. The van der Waals surface area contributed by atoms with Gasteiger partial charge in [-0.1, -0.05) is 54.6 Å². The number of hydrogen-bond acceptors (Lipinski definition) is 6. The first-order valence-corrected chi connectivity index (χ1v) is 14.9. The molecule has 0 saturated carbocycles. The minimum atomic E-state index is -0.291. The number of nitrogens with one attached hydrogen (secondary N) is 1. The minimum absolute atomic E-state index is 0.219. The van der Waals surface area contributed by atoms with Gasteiger partial charge in [0.15, 0.2) is 5.82 Å². The van der Waals surface area contributed by atoms with E-state index in [1.54, 1.807) is 40.3 Å². The Morgan fingerprint density at radius 2 is 1.50 bits per heavy atom. The second-order valence-electron chi connectivity index (χ2n) is 10.4. The summed E-state index contributed by atoms with van der Waals surface area (Å²) in [5.74, 6) is 0.260. The summed E-state index contributed by atoms with van der Waals surface area (Å²) in [4.78, 5) is 54.0. The highest BCUT2D eigenvalue weighted by atomic mass is 79.9. The lowest BCUT2D eigenvalue weighted by molar-refractivity contribution is 0.0656. The molecule has 44 heavy (non-hydrogen) atoms. The van der Waals surface area contributed by atoms with Crippen molar-refractivity contribution in [1.29, 1.82) is 0 Å². The van der Waals surface area contributed by atoms with Crippen molar-refractivity contribution in [3.05, 3.63) is 136 Å². The van der Waals surface area contributed by atoms with Gasteiger partial charge in [0.1, 0.15) is 0 Å². The van der Waals surface area contributed by atoms with Crippen LogP contribution in [0.3, 0.4) is 0 Å². The summed E-state index contributed by atoms with van der Waals surface area (Å²) in [6, 6.07) is 31.3. The van der Waals surface area contributed by atoms with Gasteiger partial charge in [0.2, 0.25) is 5.95 Å². The fourth-order valence-corrected chi connectivity index (χ4v) is 5.99. The molecule has 7 rings (SSSR count). The van der Waals surface area contributed by atoms with E-state index in [-0.39, 0.29) is 24.4 Å². The molecule has 2 aliphatic heterocycles. The standard InChI is InChI=1S/C34H25BrN6O3/c35-28-15-6-7-16-29(28)40-21-23-20-36-33(37-24-10-2-1-3-11-24)38-30(23)41(34(40)44)25-12-8-9-22(19-25)17-18-39-31(42)26-13-4-5-14-27(26)32(39)43/h1-16,19-20H,17-18,21H2,(H,36,37,38). The number of carbonyl (C=O) groups is 3. The number of fused-ring (bicyclic) bond motifs is 2. The molecule has 0 spiro atoms. The van der Waals surface area contributed by atoms with E-state index < -0.39 is 0 Å². The van der Waals surface area contributed by atoms with E-state index in [2.05, 4.69) is 26.2 Å². The molecule has 5 aromatic rings. The number of para-hydroxylation sites is 2. The zero-order valence-electron chi connectivity index (χ0n) is 23.4. The van der Waals surface area contributed by atoms with E-state index in [9.17, 15) is 14.4 Å². The number of halogens is 1. The predicted molar refractivity (Wildman–Crippen MR) is 172 cm³/mol. The third-order valence-electron chi connectivity index (χ3n) is 7.65. The molecular formula is C34H25BrN6O3. The fraction of sp³-hybridized carbons (Fsp3) is 0.0882. The first kappa shape index (κ1) is 27.5. The van der Waals surface area contributed by atoms with Crippen LogP contribution < -0.4 is 15.1 Å². The van der Waals surface area contributed by atoms with E-state index in [0.29, 0.717) is 41.5 Å². The van der Waals surface area contributed by atoms with Gasteiger partial charge in [0.25, 0.3) is 11.8 Å². The quantitative estimate of drug-likeness (QED) is 0.190. The average Bonchev–Trinajstić information content (AvgIpc) is 3.29. The summed E-state index contributed by atoms with van der Waals surface area (Å²) in [6.07, 6.45) is 2.16. The Hall–Kier alpha value is -5.35. The van der Waals surface area contributed by atoms with Crippen molar-refractivity contribution < 1.29 is 14.4 Å². The molecule has 0 bridgehead atoms. The van der Waals surface area contributed by atoms with Crippen LogP contribution in [0.1, 0.15) is 31.8 Å². The molecule has 0 radical (unpaired) electrons. The second kappa shape index (κ2) is 11.4. The van der Waals surface area contributed by atoms with Gasteiger partial charge in [0, 0.05) is 28.5 Å². The monoisotopic (exact) mass is 644 g/mol. The molecule has 4 amide bonds. The molecule has 0 saturated heterocycles. The van der Waals surface area contributed by atoms with Crippen molar-refractivity contribution in [2.45, 2.75) is 13.0 Å². The zero-order valence-corrected chi connectivity index (χ0v) is 24.9. The summed E-state index contributed by atoms with van der Waals surface area (Å²) in [5.41, 5.74) is 4.64. The summed E-state index contributed by atoms with van der Waals surface area (Å²) < 4.78 is 0.787.